The molecule has 19 heteroatoms. The van der Waals surface area contributed by atoms with E-state index in [0.717, 1.165) is 173 Å². The Hall–Kier alpha value is -4.54. The molecule has 0 rings (SSSR count). The Morgan fingerprint density at radius 1 is 0.302 bits per heavy atom. The van der Waals surface area contributed by atoms with Gasteiger partial charge < -0.3 is 33.8 Å². The summed E-state index contributed by atoms with van der Waals surface area (Å²) in [5, 5.41) is 10.6. The lowest BCUT2D eigenvalue weighted by molar-refractivity contribution is -0.161. The van der Waals surface area contributed by atoms with Crippen molar-refractivity contribution in [1.29, 1.82) is 0 Å². The molecule has 17 nitrogen and oxygen atoms in total. The molecule has 0 saturated heterocycles. The molecule has 0 spiro atoms. The molecule has 5 atom stereocenters. The molecule has 0 aromatic heterocycles. The number of phosphoric acid groups is 2. The minimum absolute atomic E-state index is 0.0636. The van der Waals surface area contributed by atoms with Crippen LogP contribution in [0, 0.1) is 0 Å². The highest BCUT2D eigenvalue weighted by molar-refractivity contribution is 7.47. The van der Waals surface area contributed by atoms with Crippen molar-refractivity contribution < 1.29 is 80.2 Å². The van der Waals surface area contributed by atoms with E-state index in [0.29, 0.717) is 32.1 Å². The molecule has 5 unspecified atom stereocenters. The minimum Gasteiger partial charge on any atom is -0.462 e. The van der Waals surface area contributed by atoms with Crippen molar-refractivity contribution in [3.8, 4) is 0 Å². The van der Waals surface area contributed by atoms with Crippen molar-refractivity contribution in [1.82, 2.24) is 0 Å². The Balaban J connectivity index is 5.41. The average molecular weight is 1390 g/mol. The van der Waals surface area contributed by atoms with E-state index in [2.05, 4.69) is 137 Å². The van der Waals surface area contributed by atoms with Crippen molar-refractivity contribution in [2.24, 2.45) is 0 Å². The summed E-state index contributed by atoms with van der Waals surface area (Å²) in [5.41, 5.74) is 0. The Bertz CT molecular complexity index is 2300. The van der Waals surface area contributed by atoms with Gasteiger partial charge in [-0.15, -0.1) is 0 Å². The van der Waals surface area contributed by atoms with Crippen LogP contribution in [0.5, 0.6) is 0 Å². The van der Waals surface area contributed by atoms with Gasteiger partial charge in [-0.3, -0.25) is 37.3 Å². The van der Waals surface area contributed by atoms with E-state index in [9.17, 15) is 43.2 Å². The van der Waals surface area contributed by atoms with E-state index < -0.39 is 97.5 Å². The number of aliphatic hydroxyl groups is 1. The molecule has 0 aliphatic carbocycles. The third-order valence-corrected chi connectivity index (χ3v) is 16.7. The molecule has 0 aromatic carbocycles. The van der Waals surface area contributed by atoms with Crippen LogP contribution in [0.25, 0.3) is 0 Å². The molecule has 96 heavy (non-hydrogen) atoms. The number of unbranched alkanes of at least 4 members (excludes halogenated alkanes) is 22. The molecule has 0 heterocycles. The molecule has 0 bridgehead atoms. The fourth-order valence-electron chi connectivity index (χ4n) is 9.27. The van der Waals surface area contributed by atoms with Crippen molar-refractivity contribution in [3.63, 3.8) is 0 Å². The van der Waals surface area contributed by atoms with E-state index in [4.69, 9.17) is 37.0 Å². The maximum absolute atomic E-state index is 13.0. The monoisotopic (exact) mass is 1390 g/mol. The second kappa shape index (κ2) is 69.0. The lowest BCUT2D eigenvalue weighted by atomic mass is 10.1. The highest BCUT2D eigenvalue weighted by atomic mass is 31.2. The largest absolute Gasteiger partial charge is 0.472 e. The molecule has 0 fully saturated rings. The van der Waals surface area contributed by atoms with Gasteiger partial charge in [-0.25, -0.2) is 9.13 Å². The summed E-state index contributed by atoms with van der Waals surface area (Å²) in [6.45, 7) is 4.49. The third kappa shape index (κ3) is 68.0. The van der Waals surface area contributed by atoms with Gasteiger partial charge in [0.15, 0.2) is 12.2 Å². The first-order valence-corrected chi connectivity index (χ1v) is 39.8. The summed E-state index contributed by atoms with van der Waals surface area (Å²) < 4.78 is 68.3. The first-order valence-electron chi connectivity index (χ1n) is 36.8. The van der Waals surface area contributed by atoms with Gasteiger partial charge in [0.05, 0.1) is 26.4 Å². The summed E-state index contributed by atoms with van der Waals surface area (Å²) in [6.07, 6.45) is 73.5. The molecular formula is C77H130O17P2. The van der Waals surface area contributed by atoms with E-state index in [1.807, 2.05) is 12.2 Å². The zero-order valence-corrected chi connectivity index (χ0v) is 61.5. The zero-order chi connectivity index (χ0) is 70.4. The molecule has 0 aliphatic rings. The Labute approximate surface area is 581 Å². The second-order valence-corrected chi connectivity index (χ2v) is 27.0. The molecule has 0 amide bonds. The van der Waals surface area contributed by atoms with Crippen LogP contribution in [0.1, 0.15) is 285 Å². The number of rotatable bonds is 68. The van der Waals surface area contributed by atoms with Gasteiger partial charge in [0.2, 0.25) is 0 Å². The molecule has 550 valence electrons. The second-order valence-electron chi connectivity index (χ2n) is 24.1. The third-order valence-electron chi connectivity index (χ3n) is 14.8. The van der Waals surface area contributed by atoms with Gasteiger partial charge in [-0.1, -0.05) is 239 Å². The Kier molecular flexibility index (Phi) is 65.7. The number of esters is 4. The average Bonchev–Trinajstić information content (AvgIpc) is 3.12. The fourth-order valence-corrected chi connectivity index (χ4v) is 10.8. The summed E-state index contributed by atoms with van der Waals surface area (Å²) >= 11 is 0. The summed E-state index contributed by atoms with van der Waals surface area (Å²) in [4.78, 5) is 72.7. The molecule has 0 aliphatic heterocycles. The molecular weight excluding hydrogens is 1260 g/mol. The number of aliphatic hydroxyl groups excluding tert-OH is 1. The predicted octanol–water partition coefficient (Wildman–Crippen LogP) is 20.8. The topological polar surface area (TPSA) is 237 Å². The standard InChI is InChI=1S/C77H130O17P2/c1-5-9-13-17-21-25-29-33-34-35-36-40-42-46-50-54-58-62-75(80)88-68-73(94-77(82)64-60-56-52-48-44-39-32-28-24-20-16-12-8-4)70-92-96(85,86)90-66-71(78)65-89-95(83,84)91-69-72(93-76(81)63-59-55-51-47-43-38-31-27-23-19-15-11-7-3)67-87-74(79)61-57-53-49-45-41-37-30-26-22-18-14-10-6-2/h9,13-14,16,18,20-21,25-28,30-34,36,40,46,50,71-73,78H,5-8,10-12,15,17,19,22-24,29,35,37-39,41-45,47-49,51-70H2,1-4H3,(H,83,84)(H,85,86)/b13-9-,18-14-,20-16-,25-21-,30-26-,31-27-,32-28-,34-33-,40-36-,50-46-. The number of ether oxygens (including phenoxy) is 4. The van der Waals surface area contributed by atoms with Gasteiger partial charge in [0, 0.05) is 25.7 Å². The number of hydrogen-bond acceptors (Lipinski definition) is 15. The van der Waals surface area contributed by atoms with Crippen molar-refractivity contribution in [2.45, 2.75) is 303 Å². The van der Waals surface area contributed by atoms with Crippen LogP contribution in [0.3, 0.4) is 0 Å². The van der Waals surface area contributed by atoms with Crippen LogP contribution < -0.4 is 0 Å². The lowest BCUT2D eigenvalue weighted by Gasteiger charge is -2.21. The maximum Gasteiger partial charge on any atom is 0.472 e. The van der Waals surface area contributed by atoms with Crippen LogP contribution in [-0.4, -0.2) is 96.7 Å². The lowest BCUT2D eigenvalue weighted by Crippen LogP contribution is -2.30. The Morgan fingerprint density at radius 2 is 0.573 bits per heavy atom. The van der Waals surface area contributed by atoms with Gasteiger partial charge in [0.1, 0.15) is 19.3 Å². The highest BCUT2D eigenvalue weighted by Gasteiger charge is 2.30. The maximum atomic E-state index is 13.0. The van der Waals surface area contributed by atoms with Gasteiger partial charge in [0.25, 0.3) is 0 Å². The zero-order valence-electron chi connectivity index (χ0n) is 59.8. The van der Waals surface area contributed by atoms with Gasteiger partial charge in [-0.05, 0) is 141 Å². The fraction of sp³-hybridized carbons (Fsp3) is 0.688. The van der Waals surface area contributed by atoms with Crippen LogP contribution in [0.15, 0.2) is 122 Å². The van der Waals surface area contributed by atoms with Crippen molar-refractivity contribution in [3.05, 3.63) is 122 Å². The molecule has 0 radical (unpaired) electrons. The first kappa shape index (κ1) is 91.5. The van der Waals surface area contributed by atoms with E-state index in [1.54, 1.807) is 0 Å². The summed E-state index contributed by atoms with van der Waals surface area (Å²) in [7, 11) is -9.97. The highest BCUT2D eigenvalue weighted by Crippen LogP contribution is 2.45. The van der Waals surface area contributed by atoms with Crippen LogP contribution >= 0.6 is 15.6 Å². The van der Waals surface area contributed by atoms with Crippen LogP contribution in [-0.2, 0) is 65.4 Å². The SMILES string of the molecule is CC/C=C\C/C=C\C/C=C\C/C=C\C/C=C\CCCC(=O)OCC(COP(=O)(O)OCC(O)COP(=O)(O)OCC(COC(=O)CCCCCCC/C=C\C/C=C\CCC)OC(=O)CCCCCCC/C=C\CCCCCC)OC(=O)CCCCCCC/C=C\C/C=C\CCC. The van der Waals surface area contributed by atoms with Crippen LogP contribution in [0.4, 0.5) is 0 Å². The number of hydrogen-bond donors (Lipinski definition) is 3. The van der Waals surface area contributed by atoms with E-state index in [-0.39, 0.29) is 25.7 Å². The quantitative estimate of drug-likeness (QED) is 0.0169. The van der Waals surface area contributed by atoms with Crippen LogP contribution in [0.2, 0.25) is 0 Å². The number of allylic oxidation sites excluding steroid dienone is 20. The molecule has 0 saturated carbocycles. The number of carbonyl (C=O) groups is 4. The normalized spacial score (nSPS) is 14.7. The summed E-state index contributed by atoms with van der Waals surface area (Å²) in [5.74, 6) is -2.29. The van der Waals surface area contributed by atoms with Crippen molar-refractivity contribution >= 4 is 39.5 Å². The summed E-state index contributed by atoms with van der Waals surface area (Å²) in [6, 6.07) is 0. The number of carbonyl (C=O) groups excluding carboxylic acids is 4. The van der Waals surface area contributed by atoms with Gasteiger partial charge in [-0.2, -0.15) is 0 Å². The van der Waals surface area contributed by atoms with Gasteiger partial charge >= 0.3 is 39.5 Å². The molecule has 0 aromatic rings. The van der Waals surface area contributed by atoms with E-state index in [1.165, 1.54) is 25.7 Å². The first-order chi connectivity index (χ1) is 46.7. The smallest absolute Gasteiger partial charge is 0.462 e. The number of phosphoric ester groups is 2. The molecule has 3 N–H and O–H groups in total. The Morgan fingerprint density at radius 3 is 0.927 bits per heavy atom. The van der Waals surface area contributed by atoms with Crippen molar-refractivity contribution in [2.75, 3.05) is 39.6 Å². The minimum atomic E-state index is -4.99. The van der Waals surface area contributed by atoms with E-state index >= 15 is 0 Å². The predicted molar refractivity (Wildman–Crippen MR) is 390 cm³/mol.